The number of benzene rings is 3. The van der Waals surface area contributed by atoms with E-state index in [1.54, 1.807) is 24.3 Å². The van der Waals surface area contributed by atoms with Crippen molar-refractivity contribution in [3.63, 3.8) is 0 Å². The maximum absolute atomic E-state index is 13.8. The third-order valence-corrected chi connectivity index (χ3v) is 7.71. The number of hydrogen-bond acceptors (Lipinski definition) is 4. The standard InChI is InChI=1S/C26H26Cl3N3O4S/c1-30-26(34)24(14-18-8-4-3-5-9-18)31(16-19-10-6-7-11-21(19)28)25(33)17-32(37(2,35)36)23-13-12-20(27)15-22(23)29/h3-13,15,24H,14,16-17H2,1-2H3,(H,30,34). The first-order valence-corrected chi connectivity index (χ1v) is 14.2. The zero-order valence-electron chi connectivity index (χ0n) is 20.2. The Labute approximate surface area is 232 Å². The molecular formula is C26H26Cl3N3O4S. The van der Waals surface area contributed by atoms with Crippen molar-refractivity contribution in [1.82, 2.24) is 10.2 Å². The molecule has 1 N–H and O–H groups in total. The van der Waals surface area contributed by atoms with Gasteiger partial charge in [-0.1, -0.05) is 83.3 Å². The first kappa shape index (κ1) is 28.8. The molecule has 0 radical (unpaired) electrons. The highest BCUT2D eigenvalue weighted by Crippen LogP contribution is 2.31. The Morgan fingerprint density at radius 3 is 2.16 bits per heavy atom. The van der Waals surface area contributed by atoms with Crippen molar-refractivity contribution in [2.75, 3.05) is 24.2 Å². The highest BCUT2D eigenvalue weighted by molar-refractivity contribution is 7.92. The Morgan fingerprint density at radius 2 is 1.57 bits per heavy atom. The van der Waals surface area contributed by atoms with Crippen molar-refractivity contribution in [1.29, 1.82) is 0 Å². The number of nitrogens with zero attached hydrogens (tertiary/aromatic N) is 2. The molecule has 1 unspecified atom stereocenters. The van der Waals surface area contributed by atoms with Crippen LogP contribution in [0.4, 0.5) is 5.69 Å². The number of anilines is 1. The van der Waals surface area contributed by atoms with Gasteiger partial charge in [0.1, 0.15) is 12.6 Å². The molecule has 0 fully saturated rings. The molecule has 0 aliphatic heterocycles. The van der Waals surface area contributed by atoms with Crippen molar-refractivity contribution in [3.8, 4) is 0 Å². The van der Waals surface area contributed by atoms with Crippen LogP contribution in [0.25, 0.3) is 0 Å². The molecule has 0 aliphatic carbocycles. The van der Waals surface area contributed by atoms with Crippen molar-refractivity contribution in [2.45, 2.75) is 19.0 Å². The van der Waals surface area contributed by atoms with Gasteiger partial charge in [-0.2, -0.15) is 0 Å². The predicted octanol–water partition coefficient (Wildman–Crippen LogP) is 4.80. The van der Waals surface area contributed by atoms with Gasteiger partial charge in [0.25, 0.3) is 0 Å². The van der Waals surface area contributed by atoms with E-state index in [0.717, 1.165) is 16.1 Å². The molecular weight excluding hydrogens is 557 g/mol. The van der Waals surface area contributed by atoms with E-state index < -0.39 is 34.4 Å². The van der Waals surface area contributed by atoms with Crippen LogP contribution in [0.2, 0.25) is 15.1 Å². The van der Waals surface area contributed by atoms with Crippen LogP contribution in [0.15, 0.2) is 72.8 Å². The molecule has 1 atom stereocenters. The van der Waals surface area contributed by atoms with E-state index in [-0.39, 0.29) is 23.7 Å². The van der Waals surface area contributed by atoms with E-state index in [1.807, 2.05) is 30.3 Å². The van der Waals surface area contributed by atoms with Gasteiger partial charge < -0.3 is 10.2 Å². The van der Waals surface area contributed by atoms with Crippen LogP contribution in [0, 0.1) is 0 Å². The quantitative estimate of drug-likeness (QED) is 0.372. The number of halogens is 3. The molecule has 0 bridgehead atoms. The van der Waals surface area contributed by atoms with Gasteiger partial charge in [0.2, 0.25) is 21.8 Å². The minimum atomic E-state index is -3.94. The largest absolute Gasteiger partial charge is 0.357 e. The van der Waals surface area contributed by atoms with Crippen molar-refractivity contribution in [2.24, 2.45) is 0 Å². The van der Waals surface area contributed by atoms with Crippen LogP contribution in [-0.2, 0) is 32.6 Å². The average Bonchev–Trinajstić information content (AvgIpc) is 2.85. The Morgan fingerprint density at radius 1 is 0.919 bits per heavy atom. The van der Waals surface area contributed by atoms with Crippen LogP contribution in [0.1, 0.15) is 11.1 Å². The second-order valence-electron chi connectivity index (χ2n) is 8.30. The van der Waals surface area contributed by atoms with Gasteiger partial charge >= 0.3 is 0 Å². The number of amides is 2. The molecule has 0 spiro atoms. The zero-order valence-corrected chi connectivity index (χ0v) is 23.3. The number of carbonyl (C=O) groups excluding carboxylic acids is 2. The molecule has 3 aromatic rings. The number of hydrogen-bond donors (Lipinski definition) is 1. The van der Waals surface area contributed by atoms with Gasteiger partial charge in [0.15, 0.2) is 0 Å². The summed E-state index contributed by atoms with van der Waals surface area (Å²) >= 11 is 18.7. The summed E-state index contributed by atoms with van der Waals surface area (Å²) in [5.74, 6) is -1.01. The van der Waals surface area contributed by atoms with Gasteiger partial charge in [-0.3, -0.25) is 13.9 Å². The summed E-state index contributed by atoms with van der Waals surface area (Å²) in [6.45, 7) is -0.609. The maximum atomic E-state index is 13.8. The normalized spacial score (nSPS) is 12.0. The third kappa shape index (κ3) is 7.61. The minimum absolute atomic E-state index is 0.0185. The molecule has 0 saturated heterocycles. The maximum Gasteiger partial charge on any atom is 0.244 e. The van der Waals surface area contributed by atoms with E-state index >= 15 is 0 Å². The lowest BCUT2D eigenvalue weighted by molar-refractivity contribution is -0.139. The van der Waals surface area contributed by atoms with Gasteiger partial charge in [-0.15, -0.1) is 0 Å². The molecule has 0 aliphatic rings. The molecule has 196 valence electrons. The zero-order chi connectivity index (χ0) is 27.2. The number of carbonyl (C=O) groups is 2. The summed E-state index contributed by atoms with van der Waals surface area (Å²) in [4.78, 5) is 28.3. The van der Waals surface area contributed by atoms with Crippen LogP contribution in [-0.4, -0.2) is 51.0 Å². The molecule has 11 heteroatoms. The smallest absolute Gasteiger partial charge is 0.244 e. The highest BCUT2D eigenvalue weighted by Gasteiger charge is 2.33. The van der Waals surface area contributed by atoms with Crippen LogP contribution >= 0.6 is 34.8 Å². The van der Waals surface area contributed by atoms with Crippen molar-refractivity contribution >= 4 is 62.3 Å². The summed E-state index contributed by atoms with van der Waals surface area (Å²) < 4.78 is 26.4. The SMILES string of the molecule is CNC(=O)C(Cc1ccccc1)N(Cc1ccccc1Cl)C(=O)CN(c1ccc(Cl)cc1Cl)S(C)(=O)=O. The monoisotopic (exact) mass is 581 g/mol. The second kappa shape index (κ2) is 12.6. The molecule has 0 saturated carbocycles. The Balaban J connectivity index is 2.06. The molecule has 0 heterocycles. The van der Waals surface area contributed by atoms with E-state index in [9.17, 15) is 18.0 Å². The highest BCUT2D eigenvalue weighted by atomic mass is 35.5. The molecule has 3 aromatic carbocycles. The fraction of sp³-hybridized carbons (Fsp3) is 0.231. The van der Waals surface area contributed by atoms with Gasteiger partial charge in [-0.05, 0) is 35.4 Å². The minimum Gasteiger partial charge on any atom is -0.357 e. The fourth-order valence-corrected chi connectivity index (χ4v) is 5.43. The van der Waals surface area contributed by atoms with Crippen LogP contribution in [0.5, 0.6) is 0 Å². The number of sulfonamides is 1. The van der Waals surface area contributed by atoms with Crippen molar-refractivity contribution < 1.29 is 18.0 Å². The van der Waals surface area contributed by atoms with E-state index in [0.29, 0.717) is 15.6 Å². The molecule has 37 heavy (non-hydrogen) atoms. The first-order chi connectivity index (χ1) is 17.5. The summed E-state index contributed by atoms with van der Waals surface area (Å²) in [5.41, 5.74) is 1.53. The molecule has 3 rings (SSSR count). The third-order valence-electron chi connectivity index (χ3n) is 5.67. The van der Waals surface area contributed by atoms with Crippen molar-refractivity contribution in [3.05, 3.63) is 99.0 Å². The first-order valence-electron chi connectivity index (χ1n) is 11.2. The topological polar surface area (TPSA) is 86.8 Å². The summed E-state index contributed by atoms with van der Waals surface area (Å²) in [6.07, 6.45) is 1.18. The molecule has 2 amide bonds. The van der Waals surface area contributed by atoms with E-state index in [4.69, 9.17) is 34.8 Å². The van der Waals surface area contributed by atoms with Gasteiger partial charge in [0, 0.05) is 30.1 Å². The van der Waals surface area contributed by atoms with Gasteiger partial charge in [-0.25, -0.2) is 8.42 Å². The lowest BCUT2D eigenvalue weighted by atomic mass is 10.0. The lowest BCUT2D eigenvalue weighted by Crippen LogP contribution is -2.53. The molecule has 0 aromatic heterocycles. The number of nitrogens with one attached hydrogen (secondary N) is 1. The predicted molar refractivity (Wildman–Crippen MR) is 149 cm³/mol. The van der Waals surface area contributed by atoms with E-state index in [2.05, 4.69) is 5.32 Å². The van der Waals surface area contributed by atoms with Crippen LogP contribution < -0.4 is 9.62 Å². The summed E-state index contributed by atoms with van der Waals surface area (Å²) in [5, 5.41) is 3.41. The summed E-state index contributed by atoms with van der Waals surface area (Å²) in [6, 6.07) is 19.5. The number of likely N-dealkylation sites (N-methyl/N-ethyl adjacent to an activating group) is 1. The Kier molecular flexibility index (Phi) is 9.84. The lowest BCUT2D eigenvalue weighted by Gasteiger charge is -2.33. The summed E-state index contributed by atoms with van der Waals surface area (Å²) in [7, 11) is -2.46. The van der Waals surface area contributed by atoms with Gasteiger partial charge in [0.05, 0.1) is 17.0 Å². The Bertz CT molecular complexity index is 1370. The second-order valence-corrected chi connectivity index (χ2v) is 11.5. The Hall–Kier alpha value is -2.78. The fourth-order valence-electron chi connectivity index (χ4n) is 3.81. The molecule has 7 nitrogen and oxygen atoms in total. The van der Waals surface area contributed by atoms with Crippen LogP contribution in [0.3, 0.4) is 0 Å². The number of rotatable bonds is 10. The average molecular weight is 583 g/mol. The van der Waals surface area contributed by atoms with E-state index in [1.165, 1.54) is 30.1 Å².